The van der Waals surface area contributed by atoms with E-state index in [-0.39, 0.29) is 34.8 Å². The molecule has 2 amide bonds. The molecule has 1 aliphatic rings. The first-order valence-corrected chi connectivity index (χ1v) is 12.2. The number of nitrogen functional groups attached to an aromatic ring is 1. The van der Waals surface area contributed by atoms with Crippen molar-refractivity contribution >= 4 is 29.3 Å². The molecule has 0 aliphatic carbocycles. The van der Waals surface area contributed by atoms with Gasteiger partial charge in [0.25, 0.3) is 5.91 Å². The Morgan fingerprint density at radius 1 is 1.18 bits per heavy atom. The predicted octanol–water partition coefficient (Wildman–Crippen LogP) is 4.45. The van der Waals surface area contributed by atoms with Crippen LogP contribution in [0.15, 0.2) is 36.4 Å². The third-order valence-electron chi connectivity index (χ3n) is 6.50. The lowest BCUT2D eigenvalue weighted by molar-refractivity contribution is -0.137. The van der Waals surface area contributed by atoms with Gasteiger partial charge in [0.15, 0.2) is 0 Å². The molecule has 2 aromatic carbocycles. The molecule has 2 aromatic rings. The second-order valence-corrected chi connectivity index (χ2v) is 9.64. The fourth-order valence-electron chi connectivity index (χ4n) is 4.28. The lowest BCUT2D eigenvalue weighted by Gasteiger charge is -2.44. The number of anilines is 1. The molecule has 1 atom stereocenters. The van der Waals surface area contributed by atoms with E-state index in [2.05, 4.69) is 10.6 Å². The van der Waals surface area contributed by atoms with Crippen molar-refractivity contribution in [2.24, 2.45) is 5.92 Å². The average Bonchev–Trinajstić information content (AvgIpc) is 2.87. The van der Waals surface area contributed by atoms with Crippen molar-refractivity contribution in [3.63, 3.8) is 0 Å². The first-order valence-electron chi connectivity index (χ1n) is 11.8. The Morgan fingerprint density at radius 2 is 1.82 bits per heavy atom. The van der Waals surface area contributed by atoms with E-state index in [1.54, 1.807) is 6.92 Å². The molecule has 1 unspecified atom stereocenters. The van der Waals surface area contributed by atoms with Crippen LogP contribution < -0.4 is 25.8 Å². The molecule has 1 aliphatic heterocycles. The van der Waals surface area contributed by atoms with Crippen molar-refractivity contribution in [3.05, 3.63) is 52.5 Å². The standard InChI is InChI=1S/C25H30ClF3N4O5/c1-24(32-23(35)36,14-38-17-5-3-16(4-6-17)25(27,28)29)33-9-7-15(8-10-33)13-31-22(34)18-11-19(26)20(30)12-21(18)37-2/h3-6,11-12,15,32H,7-10,13-14,30H2,1-2H3,(H,31,34)(H,35,36). The fourth-order valence-corrected chi connectivity index (χ4v) is 4.44. The van der Waals surface area contributed by atoms with Gasteiger partial charge in [0.1, 0.15) is 23.8 Å². The SMILES string of the molecule is COc1cc(N)c(Cl)cc1C(=O)NCC1CCN(C(C)(COc2ccc(C(F)(F)F)cc2)NC(=O)O)CC1. The summed E-state index contributed by atoms with van der Waals surface area (Å²) in [4.78, 5) is 26.1. The minimum Gasteiger partial charge on any atom is -0.496 e. The van der Waals surface area contributed by atoms with Crippen LogP contribution in [0.4, 0.5) is 23.7 Å². The van der Waals surface area contributed by atoms with E-state index in [9.17, 15) is 27.9 Å². The minimum atomic E-state index is -4.46. The molecule has 0 saturated carbocycles. The van der Waals surface area contributed by atoms with Crippen LogP contribution >= 0.6 is 11.6 Å². The summed E-state index contributed by atoms with van der Waals surface area (Å²) in [6.45, 7) is 2.94. The Morgan fingerprint density at radius 3 is 2.37 bits per heavy atom. The van der Waals surface area contributed by atoms with Gasteiger partial charge in [0.2, 0.25) is 0 Å². The number of hydrogen-bond donors (Lipinski definition) is 4. The van der Waals surface area contributed by atoms with Gasteiger partial charge in [-0.3, -0.25) is 9.69 Å². The summed E-state index contributed by atoms with van der Waals surface area (Å²) in [7, 11) is 1.43. The van der Waals surface area contributed by atoms with E-state index in [0.717, 1.165) is 12.1 Å². The van der Waals surface area contributed by atoms with Gasteiger partial charge in [0, 0.05) is 25.7 Å². The summed E-state index contributed by atoms with van der Waals surface area (Å²) >= 11 is 6.05. The number of piperidine rings is 1. The molecule has 13 heteroatoms. The highest BCUT2D eigenvalue weighted by molar-refractivity contribution is 6.33. The number of carboxylic acid groups (broad SMARTS) is 1. The van der Waals surface area contributed by atoms with Crippen molar-refractivity contribution in [2.45, 2.75) is 31.6 Å². The third-order valence-corrected chi connectivity index (χ3v) is 6.83. The molecule has 1 fully saturated rings. The zero-order valence-electron chi connectivity index (χ0n) is 20.9. The molecule has 9 nitrogen and oxygen atoms in total. The molecule has 38 heavy (non-hydrogen) atoms. The number of nitrogens with two attached hydrogens (primary N) is 1. The van der Waals surface area contributed by atoms with Crippen LogP contribution in [0.5, 0.6) is 11.5 Å². The van der Waals surface area contributed by atoms with Crippen LogP contribution in [-0.4, -0.2) is 61.0 Å². The van der Waals surface area contributed by atoms with Gasteiger partial charge in [0.05, 0.1) is 28.9 Å². The Balaban J connectivity index is 1.57. The summed E-state index contributed by atoms with van der Waals surface area (Å²) in [6.07, 6.45) is -4.39. The number of likely N-dealkylation sites (tertiary alicyclic amines) is 1. The second kappa shape index (κ2) is 12.0. The largest absolute Gasteiger partial charge is 0.496 e. The zero-order valence-corrected chi connectivity index (χ0v) is 21.7. The maximum Gasteiger partial charge on any atom is 0.416 e. The van der Waals surface area contributed by atoms with Crippen LogP contribution in [0.25, 0.3) is 0 Å². The summed E-state index contributed by atoms with van der Waals surface area (Å²) in [5.41, 5.74) is 4.41. The molecule has 0 bridgehead atoms. The van der Waals surface area contributed by atoms with Gasteiger partial charge in [-0.25, -0.2) is 4.79 Å². The Labute approximate surface area is 223 Å². The van der Waals surface area contributed by atoms with E-state index in [0.29, 0.717) is 43.9 Å². The van der Waals surface area contributed by atoms with Crippen LogP contribution in [0, 0.1) is 5.92 Å². The van der Waals surface area contributed by atoms with Gasteiger partial charge >= 0.3 is 12.3 Å². The normalized spacial score (nSPS) is 16.4. The molecule has 3 rings (SSSR count). The number of rotatable bonds is 9. The van der Waals surface area contributed by atoms with E-state index in [1.165, 1.54) is 31.4 Å². The quantitative estimate of drug-likeness (QED) is 0.335. The van der Waals surface area contributed by atoms with Gasteiger partial charge in [-0.2, -0.15) is 13.2 Å². The Hall–Kier alpha value is -3.38. The molecule has 5 N–H and O–H groups in total. The lowest BCUT2D eigenvalue weighted by Crippen LogP contribution is -2.63. The van der Waals surface area contributed by atoms with E-state index in [4.69, 9.17) is 26.8 Å². The monoisotopic (exact) mass is 558 g/mol. The highest BCUT2D eigenvalue weighted by Gasteiger charge is 2.37. The smallest absolute Gasteiger partial charge is 0.416 e. The lowest BCUT2D eigenvalue weighted by atomic mass is 9.94. The summed E-state index contributed by atoms with van der Waals surface area (Å²) < 4.78 is 49.3. The Kier molecular flexibility index (Phi) is 9.21. The molecule has 0 aromatic heterocycles. The first kappa shape index (κ1) is 29.2. The number of carbonyl (C=O) groups excluding carboxylic acids is 1. The number of nitrogens with one attached hydrogen (secondary N) is 2. The summed E-state index contributed by atoms with van der Waals surface area (Å²) in [5.74, 6) is 0.277. The number of methoxy groups -OCH3 is 1. The molecule has 0 spiro atoms. The van der Waals surface area contributed by atoms with Crippen LogP contribution in [0.1, 0.15) is 35.7 Å². The topological polar surface area (TPSA) is 126 Å². The molecular formula is C25H30ClF3N4O5. The van der Waals surface area contributed by atoms with Crippen LogP contribution in [0.2, 0.25) is 5.02 Å². The number of benzene rings is 2. The maximum atomic E-state index is 12.8. The zero-order chi connectivity index (χ0) is 28.1. The highest BCUT2D eigenvalue weighted by Crippen LogP contribution is 2.31. The molecule has 208 valence electrons. The van der Waals surface area contributed by atoms with E-state index >= 15 is 0 Å². The number of nitrogens with zero attached hydrogens (tertiary/aromatic N) is 1. The molecule has 1 heterocycles. The first-order chi connectivity index (χ1) is 17.8. The fraction of sp³-hybridized carbons (Fsp3) is 0.440. The van der Waals surface area contributed by atoms with Crippen molar-refractivity contribution < 1.29 is 37.3 Å². The molecular weight excluding hydrogens is 529 g/mol. The van der Waals surface area contributed by atoms with Gasteiger partial charge in [-0.15, -0.1) is 0 Å². The van der Waals surface area contributed by atoms with E-state index in [1.807, 2.05) is 4.90 Å². The maximum absolute atomic E-state index is 12.8. The van der Waals surface area contributed by atoms with Gasteiger partial charge in [-0.1, -0.05) is 11.6 Å². The van der Waals surface area contributed by atoms with Gasteiger partial charge < -0.3 is 30.9 Å². The van der Waals surface area contributed by atoms with Crippen LogP contribution in [0.3, 0.4) is 0 Å². The number of ether oxygens (including phenoxy) is 2. The number of halogens is 4. The van der Waals surface area contributed by atoms with Crippen LogP contribution in [-0.2, 0) is 6.18 Å². The number of hydrogen-bond acceptors (Lipinski definition) is 6. The van der Waals surface area contributed by atoms with Gasteiger partial charge in [-0.05, 0) is 56.0 Å². The summed E-state index contributed by atoms with van der Waals surface area (Å²) in [6, 6.07) is 7.15. The average molecular weight is 559 g/mol. The van der Waals surface area contributed by atoms with Crippen molar-refractivity contribution in [3.8, 4) is 11.5 Å². The molecule has 0 radical (unpaired) electrons. The van der Waals surface area contributed by atoms with Crippen molar-refractivity contribution in [2.75, 3.05) is 39.1 Å². The highest BCUT2D eigenvalue weighted by atomic mass is 35.5. The van der Waals surface area contributed by atoms with E-state index < -0.39 is 23.5 Å². The third kappa shape index (κ3) is 7.35. The van der Waals surface area contributed by atoms with Crippen molar-refractivity contribution in [1.82, 2.24) is 15.5 Å². The summed E-state index contributed by atoms with van der Waals surface area (Å²) in [5, 5.41) is 15.0. The molecule has 1 saturated heterocycles. The second-order valence-electron chi connectivity index (χ2n) is 9.23. The predicted molar refractivity (Wildman–Crippen MR) is 136 cm³/mol. The minimum absolute atomic E-state index is 0.121. The Bertz CT molecular complexity index is 1140. The van der Waals surface area contributed by atoms with Crippen molar-refractivity contribution in [1.29, 1.82) is 0 Å². The number of amides is 2. The number of carbonyl (C=O) groups is 2. The number of alkyl halides is 3.